The monoisotopic (exact) mass is 406 g/mol. The molecule has 0 amide bonds. The summed E-state index contributed by atoms with van der Waals surface area (Å²) in [5, 5.41) is 10.7. The molecule has 2 aromatic rings. The molecule has 5 rings (SSSR count). The number of benzene rings is 2. The second kappa shape index (κ2) is 7.91. The zero-order valence-electron chi connectivity index (χ0n) is 16.7. The molecular formula is C26H27ClO2. The first-order valence-corrected chi connectivity index (χ1v) is 11.2. The van der Waals surface area contributed by atoms with Crippen LogP contribution in [0.2, 0.25) is 5.02 Å². The summed E-state index contributed by atoms with van der Waals surface area (Å²) in [6, 6.07) is 15.5. The molecule has 0 heterocycles. The van der Waals surface area contributed by atoms with Gasteiger partial charge in [-0.15, -0.1) is 0 Å². The number of phenolic OH excluding ortho intramolecular Hbond substituents is 1. The van der Waals surface area contributed by atoms with E-state index in [1.807, 2.05) is 36.4 Å². The molecule has 1 N–H and O–H groups in total. The van der Waals surface area contributed by atoms with Crippen molar-refractivity contribution < 1.29 is 9.84 Å². The molecule has 2 unspecified atom stereocenters. The van der Waals surface area contributed by atoms with Gasteiger partial charge in [-0.25, -0.2) is 0 Å². The maximum atomic E-state index is 10.3. The van der Waals surface area contributed by atoms with E-state index in [1.165, 1.54) is 56.9 Å². The molecule has 1 fully saturated rings. The number of allylic oxidation sites excluding steroid dienone is 3. The minimum Gasteiger partial charge on any atom is -0.506 e. The fourth-order valence-electron chi connectivity index (χ4n) is 5.57. The molecule has 0 saturated heterocycles. The van der Waals surface area contributed by atoms with Gasteiger partial charge in [0.2, 0.25) is 0 Å². The Bertz CT molecular complexity index is 973. The van der Waals surface area contributed by atoms with Gasteiger partial charge in [-0.05, 0) is 86.8 Å². The van der Waals surface area contributed by atoms with E-state index < -0.39 is 0 Å². The van der Waals surface area contributed by atoms with Crippen molar-refractivity contribution in [1.82, 2.24) is 0 Å². The average Bonchev–Trinajstić information content (AvgIpc) is 2.75. The second-order valence-corrected chi connectivity index (χ2v) is 8.99. The first-order chi connectivity index (χ1) is 14.2. The molecular weight excluding hydrogens is 380 g/mol. The van der Waals surface area contributed by atoms with Crippen LogP contribution in [0.15, 0.2) is 65.3 Å². The molecule has 0 spiro atoms. The number of hydrogen-bond donors (Lipinski definition) is 1. The van der Waals surface area contributed by atoms with Crippen molar-refractivity contribution in [2.75, 3.05) is 0 Å². The summed E-state index contributed by atoms with van der Waals surface area (Å²) in [5.74, 6) is 2.91. The van der Waals surface area contributed by atoms with E-state index in [0.29, 0.717) is 16.9 Å². The Balaban J connectivity index is 1.67. The molecule has 0 aromatic heterocycles. The molecule has 2 nitrogen and oxygen atoms in total. The molecule has 150 valence electrons. The first-order valence-electron chi connectivity index (χ1n) is 10.9. The molecule has 3 heteroatoms. The third-order valence-electron chi connectivity index (χ3n) is 6.84. The van der Waals surface area contributed by atoms with Gasteiger partial charge < -0.3 is 9.84 Å². The summed E-state index contributed by atoms with van der Waals surface area (Å²) in [6.45, 7) is 0. The van der Waals surface area contributed by atoms with E-state index in [0.717, 1.165) is 17.1 Å². The first kappa shape index (κ1) is 18.8. The highest BCUT2D eigenvalue weighted by Gasteiger charge is 2.39. The highest BCUT2D eigenvalue weighted by Crippen LogP contribution is 2.53. The van der Waals surface area contributed by atoms with Crippen LogP contribution in [0.5, 0.6) is 11.5 Å². The van der Waals surface area contributed by atoms with Crippen LogP contribution in [-0.2, 0) is 0 Å². The largest absolute Gasteiger partial charge is 0.506 e. The van der Waals surface area contributed by atoms with Crippen molar-refractivity contribution in [2.24, 2.45) is 11.8 Å². The third-order valence-corrected chi connectivity index (χ3v) is 7.16. The van der Waals surface area contributed by atoms with Crippen LogP contribution in [-0.4, -0.2) is 5.11 Å². The van der Waals surface area contributed by atoms with Gasteiger partial charge in [0.1, 0.15) is 17.3 Å². The molecule has 3 aliphatic carbocycles. The van der Waals surface area contributed by atoms with Crippen LogP contribution >= 0.6 is 11.6 Å². The third kappa shape index (κ3) is 3.59. The summed E-state index contributed by atoms with van der Waals surface area (Å²) in [5.41, 5.74) is 5.78. The molecule has 0 radical (unpaired) electrons. The average molecular weight is 407 g/mol. The number of fused-ring (bicyclic) bond motifs is 3. The quantitative estimate of drug-likeness (QED) is 0.421. The van der Waals surface area contributed by atoms with Gasteiger partial charge >= 0.3 is 0 Å². The number of rotatable bonds is 3. The Morgan fingerprint density at radius 1 is 0.966 bits per heavy atom. The van der Waals surface area contributed by atoms with Gasteiger partial charge in [-0.3, -0.25) is 0 Å². The van der Waals surface area contributed by atoms with Gasteiger partial charge in [0.05, 0.1) is 5.02 Å². The molecule has 2 bridgehead atoms. The van der Waals surface area contributed by atoms with E-state index in [4.69, 9.17) is 16.3 Å². The van der Waals surface area contributed by atoms with E-state index in [-0.39, 0.29) is 5.75 Å². The van der Waals surface area contributed by atoms with Crippen molar-refractivity contribution in [1.29, 1.82) is 0 Å². The van der Waals surface area contributed by atoms with Gasteiger partial charge in [-0.1, -0.05) is 47.4 Å². The Labute approximate surface area is 177 Å². The second-order valence-electron chi connectivity index (χ2n) is 8.59. The van der Waals surface area contributed by atoms with Gasteiger partial charge in [-0.2, -0.15) is 0 Å². The predicted octanol–water partition coefficient (Wildman–Crippen LogP) is 7.53. The number of phenols is 1. The van der Waals surface area contributed by atoms with Crippen LogP contribution in [0.25, 0.3) is 5.76 Å². The topological polar surface area (TPSA) is 29.5 Å². The maximum absolute atomic E-state index is 10.3. The van der Waals surface area contributed by atoms with E-state index >= 15 is 0 Å². The number of halogens is 1. The van der Waals surface area contributed by atoms with Crippen LogP contribution in [0, 0.1) is 11.8 Å². The SMILES string of the molecule is Oc1cc(/C(Oc2ccccc2)=C2/C3CCCC2C2=C(CCCC2)C3)ccc1Cl. The fraction of sp³-hybridized carbons (Fsp3) is 0.385. The lowest BCUT2D eigenvalue weighted by molar-refractivity contribution is 0.335. The summed E-state index contributed by atoms with van der Waals surface area (Å²) < 4.78 is 6.55. The number of hydrogen-bond acceptors (Lipinski definition) is 2. The van der Waals surface area contributed by atoms with Crippen molar-refractivity contribution in [3.8, 4) is 11.5 Å². The van der Waals surface area contributed by atoms with Crippen LogP contribution < -0.4 is 4.74 Å². The van der Waals surface area contributed by atoms with Crippen molar-refractivity contribution >= 4 is 17.4 Å². The minimum absolute atomic E-state index is 0.109. The Hall–Kier alpha value is -2.19. The van der Waals surface area contributed by atoms with Gasteiger partial charge in [0.25, 0.3) is 0 Å². The molecule has 2 aromatic carbocycles. The summed E-state index contributed by atoms with van der Waals surface area (Å²) in [4.78, 5) is 0. The molecule has 1 saturated carbocycles. The standard InChI is InChI=1S/C26H27ClO2/c27-23-14-13-19(16-24(23)28)26(29-20-9-2-1-3-10-20)25-18-8-6-12-22(25)21-11-5-4-7-17(21)15-18/h1-3,9-10,13-14,16,18,22,28H,4-8,11-12,15H2/b26-25+. The van der Waals surface area contributed by atoms with Crippen molar-refractivity contribution in [2.45, 2.75) is 51.4 Å². The summed E-state index contributed by atoms with van der Waals surface area (Å²) >= 11 is 6.10. The normalized spacial score (nSPS) is 25.4. The van der Waals surface area contributed by atoms with E-state index in [1.54, 1.807) is 23.3 Å². The lowest BCUT2D eigenvalue weighted by atomic mass is 9.62. The number of aromatic hydroxyl groups is 1. The van der Waals surface area contributed by atoms with Gasteiger partial charge in [0, 0.05) is 11.5 Å². The molecule has 3 aliphatic rings. The zero-order chi connectivity index (χ0) is 19.8. The van der Waals surface area contributed by atoms with Crippen molar-refractivity contribution in [3.05, 3.63) is 75.8 Å². The Morgan fingerprint density at radius 2 is 1.79 bits per heavy atom. The molecule has 0 aliphatic heterocycles. The van der Waals surface area contributed by atoms with Crippen LogP contribution in [0.3, 0.4) is 0 Å². The minimum atomic E-state index is 0.109. The number of ether oxygens (including phenoxy) is 1. The fourth-order valence-corrected chi connectivity index (χ4v) is 5.69. The summed E-state index contributed by atoms with van der Waals surface area (Å²) in [7, 11) is 0. The van der Waals surface area contributed by atoms with Crippen LogP contribution in [0.4, 0.5) is 0 Å². The Kier molecular flexibility index (Phi) is 5.13. The van der Waals surface area contributed by atoms with E-state index in [9.17, 15) is 5.11 Å². The Morgan fingerprint density at radius 3 is 2.62 bits per heavy atom. The highest BCUT2D eigenvalue weighted by atomic mass is 35.5. The summed E-state index contributed by atoms with van der Waals surface area (Å²) in [6.07, 6.45) is 10.1. The lowest BCUT2D eigenvalue weighted by Gasteiger charge is -2.43. The van der Waals surface area contributed by atoms with Crippen molar-refractivity contribution in [3.63, 3.8) is 0 Å². The van der Waals surface area contributed by atoms with Crippen LogP contribution in [0.1, 0.15) is 56.9 Å². The number of para-hydroxylation sites is 1. The molecule has 2 atom stereocenters. The highest BCUT2D eigenvalue weighted by molar-refractivity contribution is 6.32. The zero-order valence-corrected chi connectivity index (χ0v) is 17.4. The lowest BCUT2D eigenvalue weighted by Crippen LogP contribution is -2.30. The van der Waals surface area contributed by atoms with E-state index in [2.05, 4.69) is 0 Å². The smallest absolute Gasteiger partial charge is 0.134 e. The molecule has 29 heavy (non-hydrogen) atoms. The van der Waals surface area contributed by atoms with Gasteiger partial charge in [0.15, 0.2) is 0 Å². The maximum Gasteiger partial charge on any atom is 0.134 e. The predicted molar refractivity (Wildman–Crippen MR) is 118 cm³/mol.